The van der Waals surface area contributed by atoms with E-state index < -0.39 is 10.0 Å². The summed E-state index contributed by atoms with van der Waals surface area (Å²) in [5.41, 5.74) is 2.88. The molecule has 8 heteroatoms. The highest BCUT2D eigenvalue weighted by Crippen LogP contribution is 2.24. The molecule has 0 fully saturated rings. The zero-order valence-electron chi connectivity index (χ0n) is 18.1. The van der Waals surface area contributed by atoms with Crippen LogP contribution in [0.3, 0.4) is 0 Å². The fourth-order valence-corrected chi connectivity index (χ4v) is 4.24. The molecule has 0 unspecified atom stereocenters. The molecule has 2 N–H and O–H groups in total. The molecule has 0 heterocycles. The highest BCUT2D eigenvalue weighted by atomic mass is 35.5. The first-order chi connectivity index (χ1) is 15.1. The fraction of sp³-hybridized carbons (Fsp3) is 0.208. The third-order valence-electron chi connectivity index (χ3n) is 4.77. The monoisotopic (exact) mass is 472 g/mol. The number of anilines is 2. The SMILES string of the molecule is Cc1cc(S(=O)(=O)Nc2ccc(Cl)cc2)ccc1OCC(=O)Nc1ccc(C(C)C)cc1. The molecule has 0 spiro atoms. The van der Waals surface area contributed by atoms with E-state index in [1.54, 1.807) is 31.2 Å². The Balaban J connectivity index is 1.61. The van der Waals surface area contributed by atoms with Gasteiger partial charge in [-0.2, -0.15) is 0 Å². The lowest BCUT2D eigenvalue weighted by molar-refractivity contribution is -0.118. The highest BCUT2D eigenvalue weighted by molar-refractivity contribution is 7.92. The number of hydrogen-bond donors (Lipinski definition) is 2. The molecule has 0 radical (unpaired) electrons. The minimum atomic E-state index is -3.78. The second kappa shape index (κ2) is 10.1. The number of carbonyl (C=O) groups is 1. The average Bonchev–Trinajstić information content (AvgIpc) is 2.74. The number of ether oxygens (including phenoxy) is 1. The van der Waals surface area contributed by atoms with Crippen molar-refractivity contribution in [3.8, 4) is 5.75 Å². The van der Waals surface area contributed by atoms with Gasteiger partial charge in [0, 0.05) is 16.4 Å². The number of rotatable bonds is 8. The molecule has 1 amide bonds. The van der Waals surface area contributed by atoms with Gasteiger partial charge in [0.1, 0.15) is 5.75 Å². The van der Waals surface area contributed by atoms with Crippen LogP contribution >= 0.6 is 11.6 Å². The van der Waals surface area contributed by atoms with Gasteiger partial charge in [-0.3, -0.25) is 9.52 Å². The van der Waals surface area contributed by atoms with E-state index in [-0.39, 0.29) is 17.4 Å². The molecular weight excluding hydrogens is 448 g/mol. The second-order valence-electron chi connectivity index (χ2n) is 7.65. The van der Waals surface area contributed by atoms with E-state index in [2.05, 4.69) is 23.9 Å². The molecule has 0 atom stereocenters. The van der Waals surface area contributed by atoms with Crippen molar-refractivity contribution >= 4 is 38.9 Å². The van der Waals surface area contributed by atoms with Crippen molar-refractivity contribution < 1.29 is 17.9 Å². The van der Waals surface area contributed by atoms with Gasteiger partial charge in [-0.1, -0.05) is 37.6 Å². The Labute approximate surface area is 193 Å². The summed E-state index contributed by atoms with van der Waals surface area (Å²) in [5.74, 6) is 0.544. The molecule has 168 valence electrons. The van der Waals surface area contributed by atoms with E-state index >= 15 is 0 Å². The Kier molecular flexibility index (Phi) is 7.43. The fourth-order valence-electron chi connectivity index (χ4n) is 2.97. The van der Waals surface area contributed by atoms with Crippen molar-refractivity contribution in [2.45, 2.75) is 31.6 Å². The standard InChI is InChI=1S/C24H25ClN2O4S/c1-16(2)18-4-8-20(9-5-18)26-24(28)15-31-23-13-12-22(14-17(23)3)32(29,30)27-21-10-6-19(25)7-11-21/h4-14,16,27H,15H2,1-3H3,(H,26,28). The molecule has 0 aromatic heterocycles. The van der Waals surface area contributed by atoms with E-state index in [9.17, 15) is 13.2 Å². The summed E-state index contributed by atoms with van der Waals surface area (Å²) in [4.78, 5) is 12.3. The first kappa shape index (κ1) is 23.6. The number of benzene rings is 3. The Bertz CT molecular complexity index is 1190. The van der Waals surface area contributed by atoms with Gasteiger partial charge in [-0.05, 0) is 78.6 Å². The number of nitrogens with one attached hydrogen (secondary N) is 2. The van der Waals surface area contributed by atoms with Crippen LogP contribution in [0, 0.1) is 6.92 Å². The molecular formula is C24H25ClN2O4S. The number of halogens is 1. The van der Waals surface area contributed by atoms with Crippen molar-refractivity contribution in [2.24, 2.45) is 0 Å². The first-order valence-corrected chi connectivity index (χ1v) is 11.9. The van der Waals surface area contributed by atoms with Gasteiger partial charge in [-0.15, -0.1) is 0 Å². The van der Waals surface area contributed by atoms with Gasteiger partial charge in [0.05, 0.1) is 4.90 Å². The number of amides is 1. The van der Waals surface area contributed by atoms with E-state index in [1.807, 2.05) is 24.3 Å². The van der Waals surface area contributed by atoms with E-state index in [1.165, 1.54) is 23.8 Å². The normalized spacial score (nSPS) is 11.3. The quantitative estimate of drug-likeness (QED) is 0.447. The van der Waals surface area contributed by atoms with E-state index in [4.69, 9.17) is 16.3 Å². The van der Waals surface area contributed by atoms with E-state index in [0.29, 0.717) is 33.6 Å². The van der Waals surface area contributed by atoms with Gasteiger partial charge in [0.25, 0.3) is 15.9 Å². The molecule has 0 aliphatic heterocycles. The predicted molar refractivity (Wildman–Crippen MR) is 128 cm³/mol. The first-order valence-electron chi connectivity index (χ1n) is 10.1. The molecule has 0 saturated carbocycles. The van der Waals surface area contributed by atoms with Gasteiger partial charge in [0.2, 0.25) is 0 Å². The van der Waals surface area contributed by atoms with Crippen LogP contribution in [0.5, 0.6) is 5.75 Å². The summed E-state index contributed by atoms with van der Waals surface area (Å²) in [7, 11) is -3.78. The molecule has 3 aromatic rings. The lowest BCUT2D eigenvalue weighted by Crippen LogP contribution is -2.20. The van der Waals surface area contributed by atoms with Crippen LogP contribution < -0.4 is 14.8 Å². The molecule has 0 aliphatic rings. The van der Waals surface area contributed by atoms with Crippen LogP contribution in [0.4, 0.5) is 11.4 Å². The van der Waals surface area contributed by atoms with Crippen LogP contribution in [0.25, 0.3) is 0 Å². The van der Waals surface area contributed by atoms with Crippen LogP contribution in [0.1, 0.15) is 30.9 Å². The Hall–Kier alpha value is -3.03. The molecule has 3 aromatic carbocycles. The van der Waals surface area contributed by atoms with Gasteiger partial charge >= 0.3 is 0 Å². The number of sulfonamides is 1. The number of hydrogen-bond acceptors (Lipinski definition) is 4. The summed E-state index contributed by atoms with van der Waals surface area (Å²) < 4.78 is 33.4. The minimum absolute atomic E-state index is 0.0898. The topological polar surface area (TPSA) is 84.5 Å². The van der Waals surface area contributed by atoms with Crippen LogP contribution in [-0.2, 0) is 14.8 Å². The predicted octanol–water partition coefficient (Wildman–Crippen LogP) is 5.59. The second-order valence-corrected chi connectivity index (χ2v) is 9.77. The van der Waals surface area contributed by atoms with Crippen LogP contribution in [-0.4, -0.2) is 20.9 Å². The van der Waals surface area contributed by atoms with Crippen molar-refractivity contribution in [2.75, 3.05) is 16.6 Å². The minimum Gasteiger partial charge on any atom is -0.483 e. The summed E-state index contributed by atoms with van der Waals surface area (Å²) in [6.45, 7) is 5.74. The molecule has 0 aliphatic carbocycles. The molecule has 0 saturated heterocycles. The van der Waals surface area contributed by atoms with Gasteiger partial charge in [0.15, 0.2) is 6.61 Å². The third-order valence-corrected chi connectivity index (χ3v) is 6.40. The van der Waals surface area contributed by atoms with Crippen molar-refractivity contribution in [3.05, 3.63) is 82.9 Å². The smallest absolute Gasteiger partial charge is 0.262 e. The summed E-state index contributed by atoms with van der Waals surface area (Å²) in [5, 5.41) is 3.30. The summed E-state index contributed by atoms with van der Waals surface area (Å²) >= 11 is 5.83. The highest BCUT2D eigenvalue weighted by Gasteiger charge is 2.16. The number of aryl methyl sites for hydroxylation is 1. The Morgan fingerprint density at radius 2 is 1.59 bits per heavy atom. The maximum Gasteiger partial charge on any atom is 0.262 e. The Morgan fingerprint density at radius 3 is 2.19 bits per heavy atom. The summed E-state index contributed by atoms with van der Waals surface area (Å²) in [6, 6.07) is 18.5. The Morgan fingerprint density at radius 1 is 0.969 bits per heavy atom. The summed E-state index contributed by atoms with van der Waals surface area (Å²) in [6.07, 6.45) is 0. The molecule has 32 heavy (non-hydrogen) atoms. The maximum absolute atomic E-state index is 12.6. The zero-order chi connectivity index (χ0) is 23.3. The zero-order valence-corrected chi connectivity index (χ0v) is 19.6. The van der Waals surface area contributed by atoms with Crippen LogP contribution in [0.2, 0.25) is 5.02 Å². The average molecular weight is 473 g/mol. The number of carbonyl (C=O) groups excluding carboxylic acids is 1. The van der Waals surface area contributed by atoms with Crippen LogP contribution in [0.15, 0.2) is 71.6 Å². The lowest BCUT2D eigenvalue weighted by Gasteiger charge is -2.13. The van der Waals surface area contributed by atoms with E-state index in [0.717, 1.165) is 0 Å². The van der Waals surface area contributed by atoms with Gasteiger partial charge < -0.3 is 10.1 Å². The van der Waals surface area contributed by atoms with Crippen molar-refractivity contribution in [1.29, 1.82) is 0 Å². The largest absolute Gasteiger partial charge is 0.483 e. The van der Waals surface area contributed by atoms with Crippen molar-refractivity contribution in [3.63, 3.8) is 0 Å². The lowest BCUT2D eigenvalue weighted by atomic mass is 10.0. The maximum atomic E-state index is 12.6. The molecule has 6 nitrogen and oxygen atoms in total. The third kappa shape index (κ3) is 6.24. The molecule has 0 bridgehead atoms. The molecule has 3 rings (SSSR count). The van der Waals surface area contributed by atoms with Crippen molar-refractivity contribution in [1.82, 2.24) is 0 Å². The van der Waals surface area contributed by atoms with Gasteiger partial charge in [-0.25, -0.2) is 8.42 Å².